The molecule has 0 aliphatic heterocycles. The van der Waals surface area contributed by atoms with Gasteiger partial charge >= 0.3 is 0 Å². The van der Waals surface area contributed by atoms with Crippen molar-refractivity contribution in [3.63, 3.8) is 0 Å². The van der Waals surface area contributed by atoms with Crippen molar-refractivity contribution in [2.75, 3.05) is 25.5 Å². The van der Waals surface area contributed by atoms with Crippen LogP contribution in [0.25, 0.3) is 0 Å². The minimum absolute atomic E-state index is 0.130. The second kappa shape index (κ2) is 7.25. The smallest absolute Gasteiger partial charge is 0.0462 e. The third-order valence-corrected chi connectivity index (χ3v) is 4.20. The molecule has 3 heteroatoms. The van der Waals surface area contributed by atoms with E-state index in [0.717, 1.165) is 19.4 Å². The number of ether oxygens (including phenoxy) is 1. The van der Waals surface area contributed by atoms with Crippen molar-refractivity contribution in [2.45, 2.75) is 25.2 Å². The quantitative estimate of drug-likeness (QED) is 0.537. The molecule has 0 spiro atoms. The van der Waals surface area contributed by atoms with Crippen LogP contribution >= 0.6 is 23.2 Å². The molecule has 96 valence electrons. The minimum atomic E-state index is -0.130. The molecule has 1 aromatic carbocycles. The number of hydrogen-bond donors (Lipinski definition) is 0. The third kappa shape index (κ3) is 3.87. The van der Waals surface area contributed by atoms with Crippen molar-refractivity contribution >= 4 is 23.2 Å². The van der Waals surface area contributed by atoms with E-state index in [4.69, 9.17) is 27.9 Å². The monoisotopic (exact) mass is 274 g/mol. The lowest BCUT2D eigenvalue weighted by atomic mass is 9.80. The number of methoxy groups -OCH3 is 1. The van der Waals surface area contributed by atoms with Crippen molar-refractivity contribution in [1.29, 1.82) is 0 Å². The van der Waals surface area contributed by atoms with Gasteiger partial charge in [0.25, 0.3) is 0 Å². The highest BCUT2D eigenvalue weighted by molar-refractivity contribution is 6.22. The Labute approximate surface area is 114 Å². The van der Waals surface area contributed by atoms with E-state index in [0.29, 0.717) is 11.8 Å². The highest BCUT2D eigenvalue weighted by atomic mass is 35.5. The highest BCUT2D eigenvalue weighted by Gasteiger charge is 2.29. The van der Waals surface area contributed by atoms with Crippen molar-refractivity contribution in [2.24, 2.45) is 0 Å². The molecule has 0 fully saturated rings. The van der Waals surface area contributed by atoms with Crippen molar-refractivity contribution in [3.8, 4) is 0 Å². The predicted octanol–water partition coefficient (Wildman–Crippen LogP) is 4.14. The Bertz CT molecular complexity index is 317. The Morgan fingerprint density at radius 2 is 1.71 bits per heavy atom. The van der Waals surface area contributed by atoms with Gasteiger partial charge in [0.1, 0.15) is 0 Å². The molecule has 0 unspecified atom stereocenters. The van der Waals surface area contributed by atoms with E-state index in [-0.39, 0.29) is 5.41 Å². The molecule has 0 atom stereocenters. The Kier molecular flexibility index (Phi) is 6.32. The van der Waals surface area contributed by atoms with Gasteiger partial charge in [0.2, 0.25) is 0 Å². The number of halogens is 2. The molecule has 0 saturated carbocycles. The molecule has 0 bridgehead atoms. The van der Waals surface area contributed by atoms with Crippen LogP contribution in [0.15, 0.2) is 24.3 Å². The van der Waals surface area contributed by atoms with Gasteiger partial charge in [-0.1, -0.05) is 29.8 Å². The zero-order valence-corrected chi connectivity index (χ0v) is 12.0. The maximum Gasteiger partial charge on any atom is 0.0462 e. The summed E-state index contributed by atoms with van der Waals surface area (Å²) in [6.07, 6.45) is 1.93. The summed E-state index contributed by atoms with van der Waals surface area (Å²) in [6, 6.07) is 8.48. The van der Waals surface area contributed by atoms with Crippen LogP contribution in [0.5, 0.6) is 0 Å². The van der Waals surface area contributed by atoms with Crippen LogP contribution in [0.2, 0.25) is 0 Å². The number of rotatable bonds is 7. The van der Waals surface area contributed by atoms with E-state index < -0.39 is 0 Å². The molecule has 0 N–H and O–H groups in total. The summed E-state index contributed by atoms with van der Waals surface area (Å²) in [4.78, 5) is 0. The van der Waals surface area contributed by atoms with Crippen LogP contribution in [-0.4, -0.2) is 25.5 Å². The Morgan fingerprint density at radius 1 is 1.12 bits per heavy atom. The molecule has 0 saturated heterocycles. The number of aryl methyl sites for hydroxylation is 1. The lowest BCUT2D eigenvalue weighted by molar-refractivity contribution is 0.186. The van der Waals surface area contributed by atoms with Gasteiger partial charge in [0.05, 0.1) is 0 Å². The van der Waals surface area contributed by atoms with Crippen molar-refractivity contribution < 1.29 is 4.74 Å². The molecule has 0 aromatic heterocycles. The molecule has 0 heterocycles. The van der Waals surface area contributed by atoms with Crippen LogP contribution in [0, 0.1) is 6.92 Å². The zero-order chi connectivity index (χ0) is 12.7. The molecule has 17 heavy (non-hydrogen) atoms. The standard InChI is InChI=1S/C14H20Cl2O/c1-12-4-6-13(7-5-12)14(10-15,11-16)8-3-9-17-2/h4-7H,3,8-11H2,1-2H3. The average Bonchev–Trinajstić information content (AvgIpc) is 2.37. The Hall–Kier alpha value is -0.240. The first-order valence-corrected chi connectivity index (χ1v) is 6.93. The highest BCUT2D eigenvalue weighted by Crippen LogP contribution is 2.32. The largest absolute Gasteiger partial charge is 0.385 e. The summed E-state index contributed by atoms with van der Waals surface area (Å²) in [7, 11) is 1.72. The Morgan fingerprint density at radius 3 is 2.18 bits per heavy atom. The maximum atomic E-state index is 6.15. The first kappa shape index (κ1) is 14.8. The summed E-state index contributed by atoms with van der Waals surface area (Å²) in [6.45, 7) is 2.83. The van der Waals surface area contributed by atoms with Crippen LogP contribution < -0.4 is 0 Å². The molecular weight excluding hydrogens is 255 g/mol. The predicted molar refractivity (Wildman–Crippen MR) is 75.4 cm³/mol. The first-order chi connectivity index (χ1) is 8.18. The second-order valence-corrected chi connectivity index (χ2v) is 5.04. The molecule has 0 amide bonds. The number of benzene rings is 1. The van der Waals surface area contributed by atoms with Crippen molar-refractivity contribution in [3.05, 3.63) is 35.4 Å². The van der Waals surface area contributed by atoms with E-state index in [1.54, 1.807) is 7.11 Å². The van der Waals surface area contributed by atoms with Gasteiger partial charge in [-0.25, -0.2) is 0 Å². The zero-order valence-electron chi connectivity index (χ0n) is 10.5. The summed E-state index contributed by atoms with van der Waals surface area (Å²) in [5.41, 5.74) is 2.35. The average molecular weight is 275 g/mol. The van der Waals surface area contributed by atoms with Crippen molar-refractivity contribution in [1.82, 2.24) is 0 Å². The lowest BCUT2D eigenvalue weighted by Crippen LogP contribution is -2.31. The number of alkyl halides is 2. The molecule has 1 aromatic rings. The first-order valence-electron chi connectivity index (χ1n) is 5.86. The third-order valence-electron chi connectivity index (χ3n) is 3.18. The van der Waals surface area contributed by atoms with Crippen LogP contribution in [0.1, 0.15) is 24.0 Å². The molecule has 0 radical (unpaired) electrons. The van der Waals surface area contributed by atoms with Gasteiger partial charge in [0, 0.05) is 30.9 Å². The van der Waals surface area contributed by atoms with Gasteiger partial charge < -0.3 is 4.74 Å². The normalized spacial score (nSPS) is 11.8. The van der Waals surface area contributed by atoms with E-state index in [2.05, 4.69) is 31.2 Å². The van der Waals surface area contributed by atoms with Gasteiger partial charge in [-0.2, -0.15) is 0 Å². The molecule has 1 nitrogen and oxygen atoms in total. The summed E-state index contributed by atoms with van der Waals surface area (Å²) >= 11 is 12.3. The lowest BCUT2D eigenvalue weighted by Gasteiger charge is -2.30. The van der Waals surface area contributed by atoms with Crippen LogP contribution in [0.4, 0.5) is 0 Å². The second-order valence-electron chi connectivity index (χ2n) is 4.51. The topological polar surface area (TPSA) is 9.23 Å². The van der Waals surface area contributed by atoms with E-state index >= 15 is 0 Å². The van der Waals surface area contributed by atoms with Crippen LogP contribution in [0.3, 0.4) is 0 Å². The van der Waals surface area contributed by atoms with Gasteiger partial charge in [-0.3, -0.25) is 0 Å². The fraction of sp³-hybridized carbons (Fsp3) is 0.571. The number of hydrogen-bond acceptors (Lipinski definition) is 1. The van der Waals surface area contributed by atoms with E-state index in [1.807, 2.05) is 0 Å². The van der Waals surface area contributed by atoms with Crippen LogP contribution in [-0.2, 0) is 10.2 Å². The minimum Gasteiger partial charge on any atom is -0.385 e. The molecule has 1 rings (SSSR count). The van der Waals surface area contributed by atoms with Gasteiger partial charge in [-0.05, 0) is 25.3 Å². The van der Waals surface area contributed by atoms with Gasteiger partial charge in [0.15, 0.2) is 0 Å². The molecular formula is C14H20Cl2O. The van der Waals surface area contributed by atoms with Gasteiger partial charge in [-0.15, -0.1) is 23.2 Å². The Balaban J connectivity index is 2.85. The van der Waals surface area contributed by atoms with E-state index in [1.165, 1.54) is 11.1 Å². The maximum absolute atomic E-state index is 6.15. The molecule has 0 aliphatic rings. The summed E-state index contributed by atoms with van der Waals surface area (Å²) in [5, 5.41) is 0. The fourth-order valence-corrected chi connectivity index (χ4v) is 2.79. The summed E-state index contributed by atoms with van der Waals surface area (Å²) in [5.74, 6) is 1.09. The van der Waals surface area contributed by atoms with E-state index in [9.17, 15) is 0 Å². The SMILES string of the molecule is COCCCC(CCl)(CCl)c1ccc(C)cc1. The fourth-order valence-electron chi connectivity index (χ4n) is 1.93. The summed E-state index contributed by atoms with van der Waals surface area (Å²) < 4.78 is 5.10. The molecule has 0 aliphatic carbocycles.